The minimum Gasteiger partial charge on any atom is -0.355 e. The maximum Gasteiger partial charge on any atom is 0.252 e. The molecule has 0 saturated heterocycles. The van der Waals surface area contributed by atoms with Crippen molar-refractivity contribution in [3.63, 3.8) is 0 Å². The Kier molecular flexibility index (Phi) is 8.78. The van der Waals surface area contributed by atoms with Crippen molar-refractivity contribution in [2.24, 2.45) is 0 Å². The van der Waals surface area contributed by atoms with Crippen LogP contribution in [0.5, 0.6) is 0 Å². The van der Waals surface area contributed by atoms with Crippen LogP contribution in [0.4, 0.5) is 0 Å². The van der Waals surface area contributed by atoms with Crippen molar-refractivity contribution in [3.05, 3.63) is 83.4 Å². The molecule has 27 heavy (non-hydrogen) atoms. The van der Waals surface area contributed by atoms with Gasteiger partial charge in [0.1, 0.15) is 0 Å². The third-order valence-electron chi connectivity index (χ3n) is 3.56. The average Bonchev–Trinajstić information content (AvgIpc) is 2.72. The van der Waals surface area contributed by atoms with Crippen LogP contribution in [0.2, 0.25) is 0 Å². The Morgan fingerprint density at radius 2 is 1.37 bits per heavy atom. The second kappa shape index (κ2) is 11.1. The van der Waals surface area contributed by atoms with Crippen LogP contribution in [0.15, 0.2) is 61.2 Å². The first kappa shape index (κ1) is 21.4. The van der Waals surface area contributed by atoms with Gasteiger partial charge in [-0.05, 0) is 41.0 Å². The van der Waals surface area contributed by atoms with Crippen LogP contribution in [0.1, 0.15) is 42.5 Å². The van der Waals surface area contributed by atoms with Crippen molar-refractivity contribution < 1.29 is 4.79 Å². The highest BCUT2D eigenvalue weighted by Gasteiger charge is 2.16. The number of rotatable bonds is 4. The highest BCUT2D eigenvalue weighted by molar-refractivity contribution is 6.28. The summed E-state index contributed by atoms with van der Waals surface area (Å²) in [6.07, 6.45) is 2.87. The Morgan fingerprint density at radius 1 is 0.963 bits per heavy atom. The van der Waals surface area contributed by atoms with E-state index in [1.807, 2.05) is 0 Å². The molecule has 2 rings (SSSR count). The quantitative estimate of drug-likeness (QED) is 0.490. The molecule has 4 nitrogen and oxygen atoms in total. The molecule has 0 fully saturated rings. The van der Waals surface area contributed by atoms with Gasteiger partial charge in [-0.2, -0.15) is 10.5 Å². The van der Waals surface area contributed by atoms with Crippen LogP contribution in [0, 0.1) is 22.7 Å². The zero-order valence-electron chi connectivity index (χ0n) is 15.9. The molecule has 4 heteroatoms. The zero-order valence-corrected chi connectivity index (χ0v) is 15.9. The molecule has 0 bridgehead atoms. The minimum absolute atomic E-state index is 0.251. The topological polar surface area (TPSA) is 76.7 Å². The van der Waals surface area contributed by atoms with Crippen LogP contribution >= 0.6 is 0 Å². The van der Waals surface area contributed by atoms with E-state index < -0.39 is 0 Å². The predicted octanol–water partition coefficient (Wildman–Crippen LogP) is 4.69. The zero-order chi connectivity index (χ0) is 20.2. The van der Waals surface area contributed by atoms with E-state index in [0.29, 0.717) is 27.8 Å². The van der Waals surface area contributed by atoms with Crippen molar-refractivity contribution in [2.75, 3.05) is 7.05 Å². The summed E-state index contributed by atoms with van der Waals surface area (Å²) in [6.45, 7) is 8.07. The molecule has 0 aliphatic carbocycles. The van der Waals surface area contributed by atoms with Gasteiger partial charge in [-0.3, -0.25) is 4.79 Å². The number of amides is 1. The van der Waals surface area contributed by atoms with Crippen molar-refractivity contribution in [3.8, 4) is 12.1 Å². The molecule has 0 aromatic heterocycles. The van der Waals surface area contributed by atoms with Gasteiger partial charge in [0.25, 0.3) is 5.91 Å². The largest absolute Gasteiger partial charge is 0.355 e. The van der Waals surface area contributed by atoms with Gasteiger partial charge in [0.2, 0.25) is 0 Å². The van der Waals surface area contributed by atoms with E-state index in [4.69, 9.17) is 10.5 Å². The summed E-state index contributed by atoms with van der Waals surface area (Å²) < 4.78 is 0. The highest BCUT2D eigenvalue weighted by Crippen LogP contribution is 2.28. The van der Waals surface area contributed by atoms with Crippen molar-refractivity contribution in [2.45, 2.75) is 20.3 Å². The molecule has 0 spiro atoms. The van der Waals surface area contributed by atoms with E-state index in [1.165, 1.54) is 6.42 Å². The van der Waals surface area contributed by atoms with Gasteiger partial charge in [0, 0.05) is 7.05 Å². The second-order valence-electron chi connectivity index (χ2n) is 5.66. The molecule has 0 atom stereocenters. The maximum atomic E-state index is 12.4. The fourth-order valence-corrected chi connectivity index (χ4v) is 2.33. The first-order chi connectivity index (χ1) is 13.1. The fourth-order valence-electron chi connectivity index (χ4n) is 2.33. The van der Waals surface area contributed by atoms with E-state index in [2.05, 4.69) is 37.9 Å². The summed E-state index contributed by atoms with van der Waals surface area (Å²) in [5.74, 6) is -0.251. The van der Waals surface area contributed by atoms with Crippen molar-refractivity contribution >= 4 is 17.1 Å². The van der Waals surface area contributed by atoms with E-state index in [9.17, 15) is 4.79 Å². The number of carbonyl (C=O) groups excluding carboxylic acids is 1. The number of hydrogen-bond acceptors (Lipinski definition) is 3. The van der Waals surface area contributed by atoms with Gasteiger partial charge in [-0.15, -0.1) is 0 Å². The lowest BCUT2D eigenvalue weighted by atomic mass is 9.93. The predicted molar refractivity (Wildman–Crippen MR) is 109 cm³/mol. The summed E-state index contributed by atoms with van der Waals surface area (Å²) in [7, 11) is 1.56. The summed E-state index contributed by atoms with van der Waals surface area (Å²) in [6, 6.07) is 17.9. The Bertz CT molecular complexity index is 893. The molecule has 0 unspecified atom stereocenters. The summed E-state index contributed by atoms with van der Waals surface area (Å²) in [5.41, 5.74) is 3.65. The fraction of sp³-hybridized carbons (Fsp3) is 0.174. The van der Waals surface area contributed by atoms with Crippen molar-refractivity contribution in [1.29, 1.82) is 10.5 Å². The number of benzene rings is 2. The molecule has 0 heterocycles. The Morgan fingerprint density at radius 3 is 1.70 bits per heavy atom. The standard InChI is InChI=1S/C20H15N3O.C3H8/c1-3-18(16-8-4-14(12-21)5-9-16)19(20(24)23-2)17-10-6-15(13-22)7-11-17;1-3-2/h3-11H,1H2,2H3,(H,23,24);3H2,1-2H3/b19-18+;. The van der Waals surface area contributed by atoms with Gasteiger partial charge in [0.05, 0.1) is 28.8 Å². The summed E-state index contributed by atoms with van der Waals surface area (Å²) >= 11 is 0. The van der Waals surface area contributed by atoms with Crippen LogP contribution in [-0.2, 0) is 4.79 Å². The summed E-state index contributed by atoms with van der Waals surface area (Å²) in [4.78, 5) is 12.4. The molecular weight excluding hydrogens is 334 g/mol. The third kappa shape index (κ3) is 5.70. The van der Waals surface area contributed by atoms with Gasteiger partial charge in [0.15, 0.2) is 0 Å². The lowest BCUT2D eigenvalue weighted by Crippen LogP contribution is -2.20. The third-order valence-corrected chi connectivity index (χ3v) is 3.56. The average molecular weight is 357 g/mol. The minimum atomic E-state index is -0.251. The molecule has 1 amide bonds. The van der Waals surface area contributed by atoms with E-state index in [1.54, 1.807) is 61.7 Å². The molecule has 1 N–H and O–H groups in total. The number of hydrogen-bond donors (Lipinski definition) is 1. The first-order valence-corrected chi connectivity index (χ1v) is 8.66. The molecular formula is C23H23N3O. The Labute approximate surface area is 161 Å². The first-order valence-electron chi connectivity index (χ1n) is 8.66. The molecule has 2 aromatic carbocycles. The van der Waals surface area contributed by atoms with Gasteiger partial charge >= 0.3 is 0 Å². The maximum absolute atomic E-state index is 12.4. The van der Waals surface area contributed by atoms with Gasteiger partial charge in [-0.1, -0.05) is 57.2 Å². The molecule has 0 saturated carbocycles. The number of likely N-dealkylation sites (N-methyl/N-ethyl adjacent to an activating group) is 1. The Balaban J connectivity index is 0.00000114. The highest BCUT2D eigenvalue weighted by atomic mass is 16.1. The van der Waals surface area contributed by atoms with Crippen LogP contribution in [0.25, 0.3) is 11.1 Å². The van der Waals surface area contributed by atoms with E-state index in [-0.39, 0.29) is 5.91 Å². The molecule has 2 aromatic rings. The van der Waals surface area contributed by atoms with Crippen LogP contribution < -0.4 is 5.32 Å². The monoisotopic (exact) mass is 357 g/mol. The van der Waals surface area contributed by atoms with Gasteiger partial charge < -0.3 is 5.32 Å². The van der Waals surface area contributed by atoms with E-state index >= 15 is 0 Å². The van der Waals surface area contributed by atoms with Crippen LogP contribution in [-0.4, -0.2) is 13.0 Å². The molecule has 136 valence electrons. The number of nitrogens with zero attached hydrogens (tertiary/aromatic N) is 2. The smallest absolute Gasteiger partial charge is 0.252 e. The number of carbonyl (C=O) groups is 1. The molecule has 0 aliphatic rings. The number of nitriles is 2. The van der Waals surface area contributed by atoms with Crippen molar-refractivity contribution in [1.82, 2.24) is 5.32 Å². The van der Waals surface area contributed by atoms with Crippen LogP contribution in [0.3, 0.4) is 0 Å². The lowest BCUT2D eigenvalue weighted by Gasteiger charge is -2.13. The number of nitrogens with one attached hydrogen (secondary N) is 1. The second-order valence-corrected chi connectivity index (χ2v) is 5.66. The lowest BCUT2D eigenvalue weighted by molar-refractivity contribution is -0.115. The normalized spacial score (nSPS) is 10.3. The van der Waals surface area contributed by atoms with Gasteiger partial charge in [-0.25, -0.2) is 0 Å². The Hall–Kier alpha value is -3.63. The summed E-state index contributed by atoms with van der Waals surface area (Å²) in [5, 5.41) is 20.5. The number of allylic oxidation sites excluding steroid dienone is 2. The SMILES string of the molecule is C=C/C(=C(\C(=O)NC)c1ccc(C#N)cc1)c1ccc(C#N)cc1.CCC. The molecule has 0 aliphatic heterocycles. The molecule has 0 radical (unpaired) electrons. The van der Waals surface area contributed by atoms with E-state index in [0.717, 1.165) is 5.56 Å².